The zero-order valence-corrected chi connectivity index (χ0v) is 21.6. The first-order chi connectivity index (χ1) is 16.4. The first-order valence-electron chi connectivity index (χ1n) is 12.7. The molecular formula is C29H40F2N2O2. The van der Waals surface area contributed by atoms with Crippen LogP contribution in [0.4, 0.5) is 8.78 Å². The van der Waals surface area contributed by atoms with Gasteiger partial charge in [0.15, 0.2) is 0 Å². The lowest BCUT2D eigenvalue weighted by Crippen LogP contribution is -2.55. The van der Waals surface area contributed by atoms with E-state index in [1.165, 1.54) is 36.6 Å². The molecule has 3 rings (SSSR count). The minimum absolute atomic E-state index is 0.0192. The topological polar surface area (TPSA) is 61.4 Å². The minimum Gasteiger partial charge on any atom is -0.390 e. The third-order valence-electron chi connectivity index (χ3n) is 7.40. The SMILES string of the molecule is CC(=O)NC(Cc1cc(F)cc(F)c1)C(O)CNC1(c2cccc(C(C)(C)C)c2)CCCCC1C. The van der Waals surface area contributed by atoms with E-state index in [9.17, 15) is 18.7 Å². The van der Waals surface area contributed by atoms with Crippen molar-refractivity contribution in [1.29, 1.82) is 0 Å². The van der Waals surface area contributed by atoms with Crippen molar-refractivity contribution >= 4 is 5.91 Å². The summed E-state index contributed by atoms with van der Waals surface area (Å²) in [6.45, 7) is 10.5. The standard InChI is InChI=1S/C29H40F2N2O2/c1-19-9-6-7-12-29(19,23-11-8-10-22(16-23)28(3,4)5)32-18-27(35)26(33-20(2)34)15-21-13-24(30)17-25(31)14-21/h8,10-11,13-14,16-17,19,26-27,32,35H,6-7,9,12,15,18H2,1-5H3,(H,33,34). The summed E-state index contributed by atoms with van der Waals surface area (Å²) in [6.07, 6.45) is 3.48. The number of hydrogen-bond donors (Lipinski definition) is 3. The van der Waals surface area contributed by atoms with Crippen molar-refractivity contribution in [3.05, 3.63) is 70.8 Å². The van der Waals surface area contributed by atoms with Crippen LogP contribution in [0, 0.1) is 17.6 Å². The lowest BCUT2D eigenvalue weighted by Gasteiger charge is -2.45. The summed E-state index contributed by atoms with van der Waals surface area (Å²) in [6, 6.07) is 11.3. The Bertz CT molecular complexity index is 1000. The van der Waals surface area contributed by atoms with Crippen LogP contribution >= 0.6 is 0 Å². The van der Waals surface area contributed by atoms with Crippen molar-refractivity contribution < 1.29 is 18.7 Å². The molecule has 0 aromatic heterocycles. The predicted molar refractivity (Wildman–Crippen MR) is 136 cm³/mol. The molecule has 4 unspecified atom stereocenters. The molecule has 0 bridgehead atoms. The highest BCUT2D eigenvalue weighted by atomic mass is 19.1. The molecule has 0 heterocycles. The van der Waals surface area contributed by atoms with Crippen LogP contribution in [0.2, 0.25) is 0 Å². The van der Waals surface area contributed by atoms with Gasteiger partial charge in [-0.15, -0.1) is 0 Å². The highest BCUT2D eigenvalue weighted by Gasteiger charge is 2.40. The smallest absolute Gasteiger partial charge is 0.217 e. The van der Waals surface area contributed by atoms with Crippen LogP contribution < -0.4 is 10.6 Å². The maximum Gasteiger partial charge on any atom is 0.217 e. The van der Waals surface area contributed by atoms with E-state index >= 15 is 0 Å². The Labute approximate surface area is 208 Å². The summed E-state index contributed by atoms with van der Waals surface area (Å²) >= 11 is 0. The molecule has 2 aromatic rings. The molecule has 0 radical (unpaired) electrons. The van der Waals surface area contributed by atoms with Crippen LogP contribution in [0.1, 0.15) is 77.0 Å². The van der Waals surface area contributed by atoms with Gasteiger partial charge in [-0.05, 0) is 59.4 Å². The molecule has 0 aliphatic heterocycles. The molecule has 0 saturated heterocycles. The first-order valence-corrected chi connectivity index (χ1v) is 12.7. The molecule has 3 N–H and O–H groups in total. The van der Waals surface area contributed by atoms with Crippen molar-refractivity contribution in [3.8, 4) is 0 Å². The highest BCUT2D eigenvalue weighted by Crippen LogP contribution is 2.42. The number of nitrogens with one attached hydrogen (secondary N) is 2. The minimum atomic E-state index is -0.943. The van der Waals surface area contributed by atoms with E-state index in [4.69, 9.17) is 0 Å². The largest absolute Gasteiger partial charge is 0.390 e. The molecule has 4 atom stereocenters. The van der Waals surface area contributed by atoms with Gasteiger partial charge < -0.3 is 15.7 Å². The number of carbonyl (C=O) groups is 1. The Balaban J connectivity index is 1.85. The molecule has 192 valence electrons. The number of aliphatic hydroxyl groups is 1. The van der Waals surface area contributed by atoms with Crippen LogP contribution in [0.5, 0.6) is 0 Å². The maximum absolute atomic E-state index is 13.7. The van der Waals surface area contributed by atoms with Crippen molar-refractivity contribution in [3.63, 3.8) is 0 Å². The summed E-state index contributed by atoms with van der Waals surface area (Å²) in [5, 5.41) is 17.6. The molecule has 4 nitrogen and oxygen atoms in total. The number of hydrogen-bond acceptors (Lipinski definition) is 3. The van der Waals surface area contributed by atoms with Crippen molar-refractivity contribution in [2.24, 2.45) is 5.92 Å². The summed E-state index contributed by atoms with van der Waals surface area (Å²) in [7, 11) is 0. The van der Waals surface area contributed by atoms with Crippen LogP contribution in [0.15, 0.2) is 42.5 Å². The summed E-state index contributed by atoms with van der Waals surface area (Å²) < 4.78 is 27.5. The average Bonchev–Trinajstić information content (AvgIpc) is 2.76. The van der Waals surface area contributed by atoms with Gasteiger partial charge in [-0.2, -0.15) is 0 Å². The van der Waals surface area contributed by atoms with Gasteiger partial charge in [0.25, 0.3) is 0 Å². The molecule has 6 heteroatoms. The molecule has 1 amide bonds. The number of amides is 1. The van der Waals surface area contributed by atoms with E-state index in [1.807, 2.05) is 0 Å². The summed E-state index contributed by atoms with van der Waals surface area (Å²) in [5.41, 5.74) is 2.59. The van der Waals surface area contributed by atoms with Gasteiger partial charge in [0.1, 0.15) is 11.6 Å². The Hall–Kier alpha value is -2.31. The normalized spacial score (nSPS) is 22.5. The Morgan fingerprint density at radius 2 is 1.83 bits per heavy atom. The Morgan fingerprint density at radius 3 is 2.43 bits per heavy atom. The van der Waals surface area contributed by atoms with Gasteiger partial charge in [0, 0.05) is 25.1 Å². The van der Waals surface area contributed by atoms with E-state index in [0.717, 1.165) is 25.3 Å². The summed E-state index contributed by atoms with van der Waals surface area (Å²) in [5.74, 6) is -1.30. The number of rotatable bonds is 8. The van der Waals surface area contributed by atoms with E-state index in [-0.39, 0.29) is 29.8 Å². The zero-order valence-electron chi connectivity index (χ0n) is 21.6. The lowest BCUT2D eigenvalue weighted by molar-refractivity contribution is -0.120. The fourth-order valence-corrected chi connectivity index (χ4v) is 5.36. The second kappa shape index (κ2) is 11.2. The Morgan fingerprint density at radius 1 is 1.14 bits per heavy atom. The van der Waals surface area contributed by atoms with Crippen LogP contribution in [-0.4, -0.2) is 29.7 Å². The monoisotopic (exact) mass is 486 g/mol. The third kappa shape index (κ3) is 6.89. The number of halogens is 2. The number of carbonyl (C=O) groups excluding carboxylic acids is 1. The van der Waals surface area contributed by atoms with E-state index in [0.29, 0.717) is 11.5 Å². The highest BCUT2D eigenvalue weighted by molar-refractivity contribution is 5.73. The van der Waals surface area contributed by atoms with Crippen LogP contribution in [-0.2, 0) is 22.2 Å². The second-order valence-corrected chi connectivity index (χ2v) is 11.2. The molecular weight excluding hydrogens is 446 g/mol. The van der Waals surface area contributed by atoms with E-state index < -0.39 is 23.8 Å². The maximum atomic E-state index is 13.7. The van der Waals surface area contributed by atoms with Crippen LogP contribution in [0.3, 0.4) is 0 Å². The predicted octanol–water partition coefficient (Wildman–Crippen LogP) is 5.37. The van der Waals surface area contributed by atoms with Gasteiger partial charge in [-0.25, -0.2) is 8.78 Å². The summed E-state index contributed by atoms with van der Waals surface area (Å²) in [4.78, 5) is 11.9. The van der Waals surface area contributed by atoms with Gasteiger partial charge in [-0.1, -0.05) is 64.8 Å². The van der Waals surface area contributed by atoms with Crippen molar-refractivity contribution in [1.82, 2.24) is 10.6 Å². The third-order valence-corrected chi connectivity index (χ3v) is 7.40. The van der Waals surface area contributed by atoms with E-state index in [1.54, 1.807) is 0 Å². The van der Waals surface area contributed by atoms with Gasteiger partial charge in [-0.3, -0.25) is 4.79 Å². The molecule has 2 aromatic carbocycles. The lowest BCUT2D eigenvalue weighted by atomic mass is 9.68. The molecule has 1 fully saturated rings. The van der Waals surface area contributed by atoms with Crippen molar-refractivity contribution in [2.75, 3.05) is 6.54 Å². The van der Waals surface area contributed by atoms with Gasteiger partial charge in [0.2, 0.25) is 5.91 Å². The average molecular weight is 487 g/mol. The van der Waals surface area contributed by atoms with Crippen LogP contribution in [0.25, 0.3) is 0 Å². The fraction of sp³-hybridized carbons (Fsp3) is 0.552. The van der Waals surface area contributed by atoms with Gasteiger partial charge >= 0.3 is 0 Å². The van der Waals surface area contributed by atoms with E-state index in [2.05, 4.69) is 62.6 Å². The number of benzene rings is 2. The molecule has 1 aliphatic rings. The fourth-order valence-electron chi connectivity index (χ4n) is 5.36. The van der Waals surface area contributed by atoms with Crippen molar-refractivity contribution in [2.45, 2.75) is 89.8 Å². The first kappa shape index (κ1) is 27.3. The molecule has 0 spiro atoms. The molecule has 1 saturated carbocycles. The Kier molecular flexibility index (Phi) is 8.71. The molecule has 35 heavy (non-hydrogen) atoms. The molecule has 1 aliphatic carbocycles. The quantitative estimate of drug-likeness (QED) is 0.470. The zero-order chi connectivity index (χ0) is 25.8. The second-order valence-electron chi connectivity index (χ2n) is 11.2. The number of aliphatic hydroxyl groups excluding tert-OH is 1. The van der Waals surface area contributed by atoms with Gasteiger partial charge in [0.05, 0.1) is 12.1 Å².